The van der Waals surface area contributed by atoms with E-state index in [2.05, 4.69) is 19.2 Å². The SMILES string of the molecule is CC1(C)[C@H]2C[C@H]3NC(=O)CO[C@H]3[C@@H]1C2. The van der Waals surface area contributed by atoms with Crippen LogP contribution in [0.3, 0.4) is 0 Å². The third-order valence-electron chi connectivity index (χ3n) is 4.63. The molecule has 0 aromatic heterocycles. The van der Waals surface area contributed by atoms with Gasteiger partial charge in [-0.3, -0.25) is 4.79 Å². The first kappa shape index (κ1) is 8.72. The molecule has 1 saturated heterocycles. The minimum atomic E-state index is 0.0605. The van der Waals surface area contributed by atoms with Crippen molar-refractivity contribution in [2.75, 3.05) is 6.61 Å². The predicted octanol–water partition coefficient (Wildman–Crippen LogP) is 0.936. The van der Waals surface area contributed by atoms with E-state index >= 15 is 0 Å². The lowest BCUT2D eigenvalue weighted by molar-refractivity contribution is -0.194. The van der Waals surface area contributed by atoms with E-state index in [-0.39, 0.29) is 18.6 Å². The maximum Gasteiger partial charge on any atom is 0.246 e. The Hall–Kier alpha value is -0.570. The lowest BCUT2D eigenvalue weighted by Gasteiger charge is -2.62. The molecule has 1 amide bonds. The van der Waals surface area contributed by atoms with E-state index < -0.39 is 0 Å². The van der Waals surface area contributed by atoms with Gasteiger partial charge >= 0.3 is 0 Å². The molecule has 4 atom stereocenters. The molecule has 3 heteroatoms. The maximum atomic E-state index is 11.2. The van der Waals surface area contributed by atoms with Gasteiger partial charge in [0.15, 0.2) is 0 Å². The topological polar surface area (TPSA) is 38.3 Å². The third-order valence-corrected chi connectivity index (χ3v) is 4.63. The quantitative estimate of drug-likeness (QED) is 0.624. The second-order valence-electron chi connectivity index (χ2n) is 5.55. The Morgan fingerprint density at radius 3 is 2.93 bits per heavy atom. The molecule has 3 saturated carbocycles. The molecular weight excluding hydrogens is 178 g/mol. The second kappa shape index (κ2) is 2.51. The fourth-order valence-electron chi connectivity index (χ4n) is 3.53. The number of carbonyl (C=O) groups excluding carboxylic acids is 1. The van der Waals surface area contributed by atoms with Gasteiger partial charge in [-0.1, -0.05) is 13.8 Å². The van der Waals surface area contributed by atoms with Crippen molar-refractivity contribution < 1.29 is 9.53 Å². The molecule has 3 aliphatic carbocycles. The lowest BCUT2D eigenvalue weighted by Crippen LogP contribution is -2.67. The summed E-state index contributed by atoms with van der Waals surface area (Å²) >= 11 is 0. The van der Waals surface area contributed by atoms with Crippen molar-refractivity contribution >= 4 is 5.91 Å². The molecule has 4 aliphatic rings. The highest BCUT2D eigenvalue weighted by atomic mass is 16.5. The number of ether oxygens (including phenoxy) is 1. The van der Waals surface area contributed by atoms with Crippen molar-refractivity contribution in [3.05, 3.63) is 0 Å². The van der Waals surface area contributed by atoms with Crippen LogP contribution in [0.1, 0.15) is 26.7 Å². The van der Waals surface area contributed by atoms with Gasteiger partial charge in [0.1, 0.15) is 6.61 Å². The molecule has 0 unspecified atom stereocenters. The molecule has 0 aromatic rings. The normalized spacial score (nSPS) is 48.9. The highest BCUT2D eigenvalue weighted by molar-refractivity contribution is 5.78. The highest BCUT2D eigenvalue weighted by Gasteiger charge is 2.59. The highest BCUT2D eigenvalue weighted by Crippen LogP contribution is 2.60. The van der Waals surface area contributed by atoms with Gasteiger partial charge in [0.25, 0.3) is 0 Å². The van der Waals surface area contributed by atoms with Crippen molar-refractivity contribution in [2.45, 2.75) is 38.8 Å². The van der Waals surface area contributed by atoms with Crippen molar-refractivity contribution in [1.29, 1.82) is 0 Å². The number of hydrogen-bond acceptors (Lipinski definition) is 2. The lowest BCUT2D eigenvalue weighted by atomic mass is 9.46. The monoisotopic (exact) mass is 195 g/mol. The number of rotatable bonds is 0. The first-order valence-corrected chi connectivity index (χ1v) is 5.50. The Labute approximate surface area is 84.2 Å². The van der Waals surface area contributed by atoms with E-state index in [4.69, 9.17) is 4.74 Å². The minimum absolute atomic E-state index is 0.0605. The molecule has 14 heavy (non-hydrogen) atoms. The Kier molecular flexibility index (Phi) is 1.56. The molecule has 4 rings (SSSR count). The average Bonchev–Trinajstić information content (AvgIpc) is 2.16. The van der Waals surface area contributed by atoms with E-state index in [1.807, 2.05) is 0 Å². The molecule has 1 N–H and O–H groups in total. The molecule has 0 spiro atoms. The van der Waals surface area contributed by atoms with Gasteiger partial charge in [-0.25, -0.2) is 0 Å². The first-order chi connectivity index (χ1) is 6.59. The van der Waals surface area contributed by atoms with Crippen LogP contribution in [0.4, 0.5) is 0 Å². The van der Waals surface area contributed by atoms with E-state index in [1.54, 1.807) is 0 Å². The zero-order valence-electron chi connectivity index (χ0n) is 8.75. The van der Waals surface area contributed by atoms with Gasteiger partial charge in [-0.05, 0) is 30.1 Å². The molecule has 1 heterocycles. The maximum absolute atomic E-state index is 11.2. The minimum Gasteiger partial charge on any atom is -0.366 e. The zero-order chi connectivity index (χ0) is 9.92. The molecule has 4 fully saturated rings. The van der Waals surface area contributed by atoms with Crippen LogP contribution in [0.2, 0.25) is 0 Å². The summed E-state index contributed by atoms with van der Waals surface area (Å²) in [6.07, 6.45) is 2.69. The molecular formula is C11H17NO2. The predicted molar refractivity (Wildman–Crippen MR) is 51.7 cm³/mol. The largest absolute Gasteiger partial charge is 0.366 e. The van der Waals surface area contributed by atoms with Crippen molar-refractivity contribution in [3.63, 3.8) is 0 Å². The Bertz CT molecular complexity index is 287. The summed E-state index contributed by atoms with van der Waals surface area (Å²) in [6.45, 7) is 4.93. The summed E-state index contributed by atoms with van der Waals surface area (Å²) in [5.74, 6) is 1.51. The Morgan fingerprint density at radius 2 is 2.21 bits per heavy atom. The van der Waals surface area contributed by atoms with Gasteiger partial charge in [0, 0.05) is 0 Å². The summed E-state index contributed by atoms with van der Waals surface area (Å²) in [5.41, 5.74) is 0.434. The molecule has 0 aromatic carbocycles. The summed E-state index contributed by atoms with van der Waals surface area (Å²) in [4.78, 5) is 11.2. The van der Waals surface area contributed by atoms with Crippen LogP contribution < -0.4 is 5.32 Å². The van der Waals surface area contributed by atoms with Crippen LogP contribution in [0.25, 0.3) is 0 Å². The van der Waals surface area contributed by atoms with E-state index in [9.17, 15) is 4.79 Å². The van der Waals surface area contributed by atoms with Crippen LogP contribution in [0, 0.1) is 17.3 Å². The zero-order valence-corrected chi connectivity index (χ0v) is 8.75. The van der Waals surface area contributed by atoms with Gasteiger partial charge in [0.05, 0.1) is 12.1 Å². The number of carbonyl (C=O) groups is 1. The number of nitrogens with one attached hydrogen (secondary N) is 1. The summed E-state index contributed by atoms with van der Waals surface area (Å²) in [7, 11) is 0. The number of amides is 1. The number of hydrogen-bond donors (Lipinski definition) is 1. The average molecular weight is 195 g/mol. The fourth-order valence-corrected chi connectivity index (χ4v) is 3.53. The molecule has 0 radical (unpaired) electrons. The first-order valence-electron chi connectivity index (χ1n) is 5.50. The Balaban J connectivity index is 1.82. The Morgan fingerprint density at radius 1 is 1.43 bits per heavy atom. The van der Waals surface area contributed by atoms with Gasteiger partial charge in [0.2, 0.25) is 5.91 Å². The number of morpholine rings is 1. The van der Waals surface area contributed by atoms with Gasteiger partial charge in [-0.15, -0.1) is 0 Å². The second-order valence-corrected chi connectivity index (χ2v) is 5.55. The van der Waals surface area contributed by atoms with Crippen LogP contribution >= 0.6 is 0 Å². The van der Waals surface area contributed by atoms with Gasteiger partial charge < -0.3 is 10.1 Å². The molecule has 1 aliphatic heterocycles. The smallest absolute Gasteiger partial charge is 0.246 e. The van der Waals surface area contributed by atoms with Crippen LogP contribution in [-0.4, -0.2) is 24.7 Å². The summed E-state index contributed by atoms with van der Waals surface area (Å²) < 4.78 is 5.67. The molecule has 3 nitrogen and oxygen atoms in total. The van der Waals surface area contributed by atoms with Crippen LogP contribution in [0.15, 0.2) is 0 Å². The van der Waals surface area contributed by atoms with E-state index in [1.165, 1.54) is 6.42 Å². The van der Waals surface area contributed by atoms with Crippen LogP contribution in [0.5, 0.6) is 0 Å². The van der Waals surface area contributed by atoms with Crippen molar-refractivity contribution in [1.82, 2.24) is 5.32 Å². The molecule has 78 valence electrons. The fraction of sp³-hybridized carbons (Fsp3) is 0.909. The van der Waals surface area contributed by atoms with Gasteiger partial charge in [-0.2, -0.15) is 0 Å². The van der Waals surface area contributed by atoms with Crippen LogP contribution in [-0.2, 0) is 9.53 Å². The summed E-state index contributed by atoms with van der Waals surface area (Å²) in [5, 5.41) is 3.05. The standard InChI is InChI=1S/C11H17NO2/c1-11(2)6-3-7(11)10-8(4-6)12-9(13)5-14-10/h6-8,10H,3-5H2,1-2H3,(H,12,13)/t6-,7+,8-,10+/m1/s1. The third kappa shape index (κ3) is 0.937. The van der Waals surface area contributed by atoms with E-state index in [0.29, 0.717) is 17.4 Å². The molecule has 2 bridgehead atoms. The van der Waals surface area contributed by atoms with Crippen molar-refractivity contribution in [3.8, 4) is 0 Å². The summed E-state index contributed by atoms with van der Waals surface area (Å²) in [6, 6.07) is 0.299. The van der Waals surface area contributed by atoms with E-state index in [0.717, 1.165) is 12.3 Å². The van der Waals surface area contributed by atoms with Crippen molar-refractivity contribution in [2.24, 2.45) is 17.3 Å².